The minimum atomic E-state index is -0.0350. The van der Waals surface area contributed by atoms with Crippen molar-refractivity contribution in [3.63, 3.8) is 0 Å². The summed E-state index contributed by atoms with van der Waals surface area (Å²) in [7, 11) is 1.70. The van der Waals surface area contributed by atoms with E-state index >= 15 is 0 Å². The van der Waals surface area contributed by atoms with Crippen LogP contribution in [0.1, 0.15) is 11.7 Å². The molecular weight excluding hydrogens is 334 g/mol. The Kier molecular flexibility index (Phi) is 3.68. The number of fused-ring (bicyclic) bond motifs is 5. The second kappa shape index (κ2) is 6.32. The van der Waals surface area contributed by atoms with Gasteiger partial charge in [0.1, 0.15) is 17.7 Å². The van der Waals surface area contributed by atoms with Crippen molar-refractivity contribution in [1.29, 1.82) is 0 Å². The highest BCUT2D eigenvalue weighted by Crippen LogP contribution is 2.38. The van der Waals surface area contributed by atoms with Gasteiger partial charge in [-0.15, -0.1) is 0 Å². The van der Waals surface area contributed by atoms with Crippen LogP contribution in [0.4, 0.5) is 5.69 Å². The maximum absolute atomic E-state index is 5.48. The van der Waals surface area contributed by atoms with Gasteiger partial charge in [-0.25, -0.2) is 4.98 Å². The van der Waals surface area contributed by atoms with Crippen molar-refractivity contribution >= 4 is 22.8 Å². The standard InChI is InChI=1S/C23H19N3O/c1-27-21-13-7-2-8-16(21)14-15-22-24-18-10-4-3-9-17(18)23-25-19-11-5-6-12-20(19)26(22)23/h2-15,22,24H,1H3. The van der Waals surface area contributed by atoms with E-state index in [1.165, 1.54) is 0 Å². The summed E-state index contributed by atoms with van der Waals surface area (Å²) in [5.74, 6) is 1.85. The number of para-hydroxylation sites is 4. The quantitative estimate of drug-likeness (QED) is 0.540. The average Bonchev–Trinajstić information content (AvgIpc) is 3.12. The number of imidazole rings is 1. The molecule has 0 aliphatic carbocycles. The summed E-state index contributed by atoms with van der Waals surface area (Å²) in [6.45, 7) is 0. The van der Waals surface area contributed by atoms with Gasteiger partial charge in [0, 0.05) is 16.8 Å². The molecule has 27 heavy (non-hydrogen) atoms. The first-order valence-electron chi connectivity index (χ1n) is 8.99. The van der Waals surface area contributed by atoms with E-state index in [0.717, 1.165) is 39.4 Å². The summed E-state index contributed by atoms with van der Waals surface area (Å²) in [5.41, 5.74) is 5.38. The van der Waals surface area contributed by atoms with E-state index < -0.39 is 0 Å². The zero-order chi connectivity index (χ0) is 18.2. The minimum Gasteiger partial charge on any atom is -0.496 e. The molecular formula is C23H19N3O. The second-order valence-electron chi connectivity index (χ2n) is 6.53. The van der Waals surface area contributed by atoms with E-state index in [2.05, 4.69) is 64.5 Å². The van der Waals surface area contributed by atoms with E-state index in [9.17, 15) is 0 Å². The van der Waals surface area contributed by atoms with Crippen LogP contribution in [0.3, 0.4) is 0 Å². The number of ether oxygens (including phenoxy) is 1. The molecule has 1 atom stereocenters. The normalized spacial score (nSPS) is 15.4. The number of benzene rings is 3. The third kappa shape index (κ3) is 2.57. The molecule has 0 radical (unpaired) electrons. The Bertz CT molecular complexity index is 1160. The molecule has 0 saturated carbocycles. The number of aromatic nitrogens is 2. The van der Waals surface area contributed by atoms with Gasteiger partial charge in [0.05, 0.1) is 18.1 Å². The van der Waals surface area contributed by atoms with Gasteiger partial charge in [0.25, 0.3) is 0 Å². The molecule has 0 amide bonds. The van der Waals surface area contributed by atoms with Gasteiger partial charge in [0.15, 0.2) is 0 Å². The molecule has 0 spiro atoms. The van der Waals surface area contributed by atoms with E-state index in [1.807, 2.05) is 30.3 Å². The van der Waals surface area contributed by atoms with Crippen LogP contribution in [-0.2, 0) is 0 Å². The fourth-order valence-corrected chi connectivity index (χ4v) is 3.68. The second-order valence-corrected chi connectivity index (χ2v) is 6.53. The number of hydrogen-bond acceptors (Lipinski definition) is 3. The molecule has 4 aromatic rings. The maximum Gasteiger partial charge on any atom is 0.145 e. The van der Waals surface area contributed by atoms with Crippen molar-refractivity contribution in [2.45, 2.75) is 6.17 Å². The number of methoxy groups -OCH3 is 1. The molecule has 1 unspecified atom stereocenters. The van der Waals surface area contributed by atoms with Crippen molar-refractivity contribution in [2.24, 2.45) is 0 Å². The summed E-state index contributed by atoms with van der Waals surface area (Å²) >= 11 is 0. The number of nitrogens with one attached hydrogen (secondary N) is 1. The number of rotatable bonds is 3. The van der Waals surface area contributed by atoms with Crippen molar-refractivity contribution in [3.8, 4) is 17.1 Å². The molecule has 132 valence electrons. The zero-order valence-corrected chi connectivity index (χ0v) is 15.0. The van der Waals surface area contributed by atoms with Gasteiger partial charge >= 0.3 is 0 Å². The Morgan fingerprint density at radius 2 is 1.74 bits per heavy atom. The van der Waals surface area contributed by atoms with Gasteiger partial charge in [-0.1, -0.05) is 48.5 Å². The number of nitrogens with zero attached hydrogens (tertiary/aromatic N) is 2. The van der Waals surface area contributed by atoms with Crippen LogP contribution in [-0.4, -0.2) is 16.7 Å². The third-order valence-corrected chi connectivity index (χ3v) is 4.94. The number of hydrogen-bond donors (Lipinski definition) is 1. The third-order valence-electron chi connectivity index (χ3n) is 4.94. The summed E-state index contributed by atoms with van der Waals surface area (Å²) in [6, 6.07) is 24.6. The molecule has 1 aliphatic heterocycles. The summed E-state index contributed by atoms with van der Waals surface area (Å²) in [5, 5.41) is 3.63. The molecule has 0 fully saturated rings. The van der Waals surface area contributed by atoms with Gasteiger partial charge in [-0.3, -0.25) is 4.57 Å². The minimum absolute atomic E-state index is 0.0350. The van der Waals surface area contributed by atoms with Gasteiger partial charge in [0.2, 0.25) is 0 Å². The largest absolute Gasteiger partial charge is 0.496 e. The molecule has 4 nitrogen and oxygen atoms in total. The van der Waals surface area contributed by atoms with E-state index in [4.69, 9.17) is 9.72 Å². The Morgan fingerprint density at radius 1 is 0.963 bits per heavy atom. The van der Waals surface area contributed by atoms with E-state index in [0.29, 0.717) is 0 Å². The molecule has 4 heteroatoms. The molecule has 1 aliphatic rings. The lowest BCUT2D eigenvalue weighted by molar-refractivity contribution is 0.414. The van der Waals surface area contributed by atoms with Crippen molar-refractivity contribution in [3.05, 3.63) is 84.4 Å². The van der Waals surface area contributed by atoms with Crippen LogP contribution in [0.15, 0.2) is 78.9 Å². The Labute approximate surface area is 157 Å². The van der Waals surface area contributed by atoms with Crippen LogP contribution in [0.2, 0.25) is 0 Å². The predicted octanol–water partition coefficient (Wildman–Crippen LogP) is 5.35. The van der Waals surface area contributed by atoms with Crippen LogP contribution in [0, 0.1) is 0 Å². The SMILES string of the molecule is COc1ccccc1C=CC1Nc2ccccc2-c2nc3ccccc3n21. The smallest absolute Gasteiger partial charge is 0.145 e. The van der Waals surface area contributed by atoms with Gasteiger partial charge in [-0.2, -0.15) is 0 Å². The highest BCUT2D eigenvalue weighted by atomic mass is 16.5. The first kappa shape index (κ1) is 15.7. The fraction of sp³-hybridized carbons (Fsp3) is 0.0870. The lowest BCUT2D eigenvalue weighted by Crippen LogP contribution is -2.21. The lowest BCUT2D eigenvalue weighted by atomic mass is 10.1. The monoisotopic (exact) mass is 353 g/mol. The zero-order valence-electron chi connectivity index (χ0n) is 15.0. The van der Waals surface area contributed by atoms with Crippen LogP contribution >= 0.6 is 0 Å². The molecule has 1 aromatic heterocycles. The first-order valence-corrected chi connectivity index (χ1v) is 8.99. The molecule has 0 bridgehead atoms. The van der Waals surface area contributed by atoms with Gasteiger partial charge in [-0.05, 0) is 36.4 Å². The number of anilines is 1. The molecule has 2 heterocycles. The van der Waals surface area contributed by atoms with Crippen LogP contribution in [0.5, 0.6) is 5.75 Å². The highest BCUT2D eigenvalue weighted by Gasteiger charge is 2.25. The summed E-state index contributed by atoms with van der Waals surface area (Å²) < 4.78 is 7.73. The highest BCUT2D eigenvalue weighted by molar-refractivity contribution is 5.86. The first-order chi connectivity index (χ1) is 13.3. The lowest BCUT2D eigenvalue weighted by Gasteiger charge is -2.28. The van der Waals surface area contributed by atoms with E-state index in [-0.39, 0.29) is 6.17 Å². The van der Waals surface area contributed by atoms with Crippen LogP contribution in [0.25, 0.3) is 28.5 Å². The molecule has 1 N–H and O–H groups in total. The predicted molar refractivity (Wildman–Crippen MR) is 110 cm³/mol. The Morgan fingerprint density at radius 3 is 2.67 bits per heavy atom. The van der Waals surface area contributed by atoms with Gasteiger partial charge < -0.3 is 10.1 Å². The average molecular weight is 353 g/mol. The van der Waals surface area contributed by atoms with Crippen molar-refractivity contribution in [2.75, 3.05) is 12.4 Å². The molecule has 0 saturated heterocycles. The summed E-state index contributed by atoms with van der Waals surface area (Å²) in [6.07, 6.45) is 4.22. The maximum atomic E-state index is 5.48. The molecule has 3 aromatic carbocycles. The van der Waals surface area contributed by atoms with Crippen molar-refractivity contribution < 1.29 is 4.74 Å². The van der Waals surface area contributed by atoms with Crippen LogP contribution < -0.4 is 10.1 Å². The fourth-order valence-electron chi connectivity index (χ4n) is 3.68. The molecule has 5 rings (SSSR count). The Hall–Kier alpha value is -3.53. The summed E-state index contributed by atoms with van der Waals surface area (Å²) in [4.78, 5) is 4.90. The topological polar surface area (TPSA) is 39.1 Å². The van der Waals surface area contributed by atoms with Crippen molar-refractivity contribution in [1.82, 2.24) is 9.55 Å². The Balaban J connectivity index is 1.66. The van der Waals surface area contributed by atoms with E-state index in [1.54, 1.807) is 7.11 Å².